The monoisotopic (exact) mass is 445 g/mol. The number of hydrogen-bond donors (Lipinski definition) is 4. The minimum atomic E-state index is -3.68. The molecule has 0 spiro atoms. The molecule has 1 aliphatic carbocycles. The van der Waals surface area contributed by atoms with Gasteiger partial charge in [0, 0.05) is 12.6 Å². The van der Waals surface area contributed by atoms with E-state index in [1.165, 1.54) is 18.2 Å². The van der Waals surface area contributed by atoms with Crippen molar-refractivity contribution >= 4 is 39.2 Å². The highest BCUT2D eigenvalue weighted by Crippen LogP contribution is 2.27. The normalized spacial score (nSPS) is 20.6. The van der Waals surface area contributed by atoms with Gasteiger partial charge in [-0.2, -0.15) is 8.42 Å². The summed E-state index contributed by atoms with van der Waals surface area (Å²) in [6, 6.07) is 4.07. The maximum Gasteiger partial charge on any atom is 0.274 e. The zero-order chi connectivity index (χ0) is 21.0. The predicted molar refractivity (Wildman–Crippen MR) is 107 cm³/mol. The number of aromatic nitrogens is 2. The number of benzene rings is 1. The van der Waals surface area contributed by atoms with Gasteiger partial charge in [-0.05, 0) is 60.1 Å². The van der Waals surface area contributed by atoms with Crippen LogP contribution >= 0.6 is 11.6 Å². The maximum absolute atomic E-state index is 13.3. The van der Waals surface area contributed by atoms with Gasteiger partial charge in [0.05, 0.1) is 10.7 Å². The fraction of sp³-hybridized carbons (Fsp3) is 0.438. The molecule has 0 bridgehead atoms. The van der Waals surface area contributed by atoms with Crippen molar-refractivity contribution < 1.29 is 17.4 Å². The third kappa shape index (κ3) is 6.10. The van der Waals surface area contributed by atoms with Crippen molar-refractivity contribution in [2.45, 2.75) is 31.7 Å². The minimum Gasteiger partial charge on any atom is -0.382 e. The fourth-order valence-corrected chi connectivity index (χ4v) is 3.78. The summed E-state index contributed by atoms with van der Waals surface area (Å²) in [6.45, 7) is 0.322. The molecule has 0 atom stereocenters. The Balaban J connectivity index is 1.61. The lowest BCUT2D eigenvalue weighted by molar-refractivity contribution is 0.305. The van der Waals surface area contributed by atoms with Crippen LogP contribution in [0.3, 0.4) is 0 Å². The summed E-state index contributed by atoms with van der Waals surface area (Å²) in [6.07, 6.45) is 3.23. The minimum absolute atomic E-state index is 0.0439. The second-order valence-corrected chi connectivity index (χ2v) is 8.60. The predicted octanol–water partition coefficient (Wildman–Crippen LogP) is 1.66. The Morgan fingerprint density at radius 3 is 2.69 bits per heavy atom. The first-order chi connectivity index (χ1) is 13.7. The van der Waals surface area contributed by atoms with E-state index in [0.717, 1.165) is 25.7 Å². The number of aliphatic imine (C=N–C) groups is 1. The summed E-state index contributed by atoms with van der Waals surface area (Å²) >= 11 is 5.75. The van der Waals surface area contributed by atoms with E-state index in [1.54, 1.807) is 0 Å². The zero-order valence-electron chi connectivity index (χ0n) is 15.3. The molecule has 0 radical (unpaired) electrons. The summed E-state index contributed by atoms with van der Waals surface area (Å²) in [4.78, 5) is 4.18. The van der Waals surface area contributed by atoms with Crippen LogP contribution in [0, 0.1) is 11.7 Å². The molecule has 0 unspecified atom stereocenters. The average molecular weight is 446 g/mol. The zero-order valence-corrected chi connectivity index (χ0v) is 16.9. The van der Waals surface area contributed by atoms with Crippen LogP contribution in [0.15, 0.2) is 27.8 Å². The van der Waals surface area contributed by atoms with E-state index >= 15 is 0 Å². The molecule has 2 aromatic rings. The number of hydrogen-bond acceptors (Lipinski definition) is 7. The smallest absolute Gasteiger partial charge is 0.274 e. The van der Waals surface area contributed by atoms with Gasteiger partial charge in [0.15, 0.2) is 11.5 Å². The van der Waals surface area contributed by atoms with Crippen molar-refractivity contribution in [1.82, 2.24) is 15.0 Å². The van der Waals surface area contributed by atoms with Crippen molar-refractivity contribution in [2.24, 2.45) is 21.8 Å². The molecular weight excluding hydrogens is 425 g/mol. The molecule has 6 N–H and O–H groups in total. The first-order valence-electron chi connectivity index (χ1n) is 8.87. The lowest BCUT2D eigenvalue weighted by Gasteiger charge is -2.28. The van der Waals surface area contributed by atoms with Crippen LogP contribution in [-0.4, -0.2) is 37.2 Å². The van der Waals surface area contributed by atoms with Crippen LogP contribution in [0.1, 0.15) is 31.4 Å². The highest BCUT2D eigenvalue weighted by molar-refractivity contribution is 7.87. The first kappa shape index (κ1) is 21.4. The Kier molecular flexibility index (Phi) is 6.67. The quantitative estimate of drug-likeness (QED) is 0.372. The third-order valence-corrected chi connectivity index (χ3v) is 5.50. The van der Waals surface area contributed by atoms with Crippen LogP contribution in [-0.2, 0) is 10.2 Å². The van der Waals surface area contributed by atoms with Gasteiger partial charge in [0.1, 0.15) is 5.82 Å². The van der Waals surface area contributed by atoms with E-state index in [1.807, 2.05) is 0 Å². The molecule has 158 valence electrons. The Labute approximate surface area is 172 Å². The second kappa shape index (κ2) is 9.03. The number of nitrogens with one attached hydrogen (secondary N) is 2. The largest absolute Gasteiger partial charge is 0.382 e. The molecule has 1 heterocycles. The van der Waals surface area contributed by atoms with Gasteiger partial charge in [-0.1, -0.05) is 11.6 Å². The van der Waals surface area contributed by atoms with E-state index in [-0.39, 0.29) is 28.5 Å². The maximum atomic E-state index is 13.3. The molecule has 0 aliphatic heterocycles. The molecule has 1 aliphatic rings. The highest BCUT2D eigenvalue weighted by Gasteiger charge is 2.24. The molecule has 10 nitrogen and oxygen atoms in total. The highest BCUT2D eigenvalue weighted by atomic mass is 35.5. The molecule has 1 aromatic heterocycles. The van der Waals surface area contributed by atoms with E-state index in [4.69, 9.17) is 27.1 Å². The third-order valence-electron chi connectivity index (χ3n) is 4.64. The average Bonchev–Trinajstić information content (AvgIpc) is 3.12. The number of amidine groups is 1. The first-order valence-corrected chi connectivity index (χ1v) is 10.8. The molecule has 0 saturated heterocycles. The van der Waals surface area contributed by atoms with Gasteiger partial charge in [-0.15, -0.1) is 0 Å². The Morgan fingerprint density at radius 1 is 1.31 bits per heavy atom. The van der Waals surface area contributed by atoms with E-state index in [0.29, 0.717) is 18.1 Å². The van der Waals surface area contributed by atoms with E-state index in [9.17, 15) is 12.8 Å². The molecule has 29 heavy (non-hydrogen) atoms. The number of nitrogens with zero attached hydrogens (tertiary/aromatic N) is 3. The molecule has 13 heteroatoms. The number of anilines is 1. The van der Waals surface area contributed by atoms with E-state index in [2.05, 4.69) is 25.3 Å². The van der Waals surface area contributed by atoms with Crippen LogP contribution < -0.4 is 20.9 Å². The van der Waals surface area contributed by atoms with Gasteiger partial charge in [-0.3, -0.25) is 0 Å². The summed E-state index contributed by atoms with van der Waals surface area (Å²) < 4.78 is 42.4. The number of halogens is 2. The van der Waals surface area contributed by atoms with Gasteiger partial charge in [0.25, 0.3) is 10.2 Å². The molecular formula is C16H21ClFN7O3S. The summed E-state index contributed by atoms with van der Waals surface area (Å²) in [7, 11) is -3.68. The second-order valence-electron chi connectivity index (χ2n) is 6.81. The summed E-state index contributed by atoms with van der Waals surface area (Å²) in [5.74, 6) is 0.0636. The van der Waals surface area contributed by atoms with Gasteiger partial charge >= 0.3 is 0 Å². The summed E-state index contributed by atoms with van der Waals surface area (Å²) in [5, 5.41) is 15.8. The Hall–Kier alpha value is -2.28. The topological polar surface area (TPSA) is 162 Å². The molecule has 0 amide bonds. The fourth-order valence-electron chi connectivity index (χ4n) is 3.14. The van der Waals surface area contributed by atoms with Crippen molar-refractivity contribution in [3.63, 3.8) is 0 Å². The van der Waals surface area contributed by atoms with E-state index < -0.39 is 16.0 Å². The molecule has 1 aromatic carbocycles. The van der Waals surface area contributed by atoms with Crippen molar-refractivity contribution in [3.8, 4) is 0 Å². The lowest BCUT2D eigenvalue weighted by Crippen LogP contribution is -2.37. The van der Waals surface area contributed by atoms with Crippen molar-refractivity contribution in [3.05, 3.63) is 34.7 Å². The molecule has 1 fully saturated rings. The van der Waals surface area contributed by atoms with Gasteiger partial charge < -0.3 is 11.1 Å². The van der Waals surface area contributed by atoms with Crippen LogP contribution in [0.2, 0.25) is 5.02 Å². The SMILES string of the molecule is NC(=Nc1ccc(F)c(Cl)c1)c1nonc1NC1CCC(CNS(N)(=O)=O)CC1. The number of nitrogens with two attached hydrogens (primary N) is 2. The lowest BCUT2D eigenvalue weighted by atomic mass is 9.86. The van der Waals surface area contributed by atoms with Gasteiger partial charge in [-0.25, -0.2) is 23.9 Å². The standard InChI is InChI=1S/C16H21ClFN7O3S/c17-12-7-11(5-6-13(12)18)22-15(19)14-16(25-28-24-14)23-10-3-1-9(2-4-10)8-21-29(20,26)27/h5-7,9-10,21H,1-4,8H2,(H2,19,22)(H,23,25)(H2,20,26,27). The number of rotatable bonds is 7. The summed E-state index contributed by atoms with van der Waals surface area (Å²) in [5.41, 5.74) is 6.61. The van der Waals surface area contributed by atoms with Crippen LogP contribution in [0.4, 0.5) is 15.9 Å². The Morgan fingerprint density at radius 2 is 2.03 bits per heavy atom. The van der Waals surface area contributed by atoms with Gasteiger partial charge in [0.2, 0.25) is 5.82 Å². The van der Waals surface area contributed by atoms with Crippen LogP contribution in [0.25, 0.3) is 0 Å². The molecule has 3 rings (SSSR count). The van der Waals surface area contributed by atoms with Crippen molar-refractivity contribution in [2.75, 3.05) is 11.9 Å². The molecule has 1 saturated carbocycles. The van der Waals surface area contributed by atoms with Crippen LogP contribution in [0.5, 0.6) is 0 Å². The Bertz CT molecular complexity index is 990. The van der Waals surface area contributed by atoms with Crippen molar-refractivity contribution in [1.29, 1.82) is 0 Å².